The number of aldehydes is 1. The second-order valence-corrected chi connectivity index (χ2v) is 5.74. The van der Waals surface area contributed by atoms with Crippen molar-refractivity contribution < 1.29 is 4.79 Å². The van der Waals surface area contributed by atoms with Crippen LogP contribution in [-0.2, 0) is 17.6 Å². The van der Waals surface area contributed by atoms with E-state index in [9.17, 15) is 4.79 Å². The molecule has 2 heterocycles. The molecule has 0 amide bonds. The van der Waals surface area contributed by atoms with Gasteiger partial charge in [0, 0.05) is 23.9 Å². The maximum absolute atomic E-state index is 10.4. The molecule has 4 heteroatoms. The van der Waals surface area contributed by atoms with Gasteiger partial charge in [-0.1, -0.05) is 0 Å². The lowest BCUT2D eigenvalue weighted by Gasteiger charge is -2.28. The van der Waals surface area contributed by atoms with E-state index in [1.54, 1.807) is 11.3 Å². The van der Waals surface area contributed by atoms with Gasteiger partial charge in [0.15, 0.2) is 0 Å². The van der Waals surface area contributed by atoms with Crippen molar-refractivity contribution in [2.45, 2.75) is 25.7 Å². The summed E-state index contributed by atoms with van der Waals surface area (Å²) in [4.78, 5) is 18.3. The Bertz CT molecular complexity index is 343. The molecule has 0 bridgehead atoms. The molecule has 0 unspecified atom stereocenters. The maximum atomic E-state index is 10.4. The number of carbonyl (C=O) groups is 1. The topological polar surface area (TPSA) is 33.2 Å². The summed E-state index contributed by atoms with van der Waals surface area (Å²) in [5.41, 5.74) is 0. The van der Waals surface area contributed by atoms with Crippen LogP contribution >= 0.6 is 11.3 Å². The molecule has 0 radical (unpaired) electrons. The Kier molecular flexibility index (Phi) is 4.07. The fourth-order valence-corrected chi connectivity index (χ4v) is 3.12. The van der Waals surface area contributed by atoms with Gasteiger partial charge in [0.05, 0.1) is 5.01 Å². The predicted octanol–water partition coefficient (Wildman–Crippen LogP) is 1.77. The Morgan fingerprint density at radius 3 is 3.00 bits per heavy atom. The summed E-state index contributed by atoms with van der Waals surface area (Å²) >= 11 is 1.70. The van der Waals surface area contributed by atoms with Crippen LogP contribution in [0.5, 0.6) is 0 Å². The molecule has 0 aromatic carbocycles. The van der Waals surface area contributed by atoms with E-state index in [1.807, 2.05) is 6.20 Å². The number of thiazole rings is 1. The Morgan fingerprint density at radius 1 is 1.56 bits per heavy atom. The monoisotopic (exact) mass is 238 g/mol. The molecule has 0 N–H and O–H groups in total. The third-order valence-corrected chi connectivity index (χ3v) is 4.23. The fourth-order valence-electron chi connectivity index (χ4n) is 2.13. The number of likely N-dealkylation sites (tertiary alicyclic amines) is 1. The van der Waals surface area contributed by atoms with Crippen LogP contribution in [0.25, 0.3) is 0 Å². The number of nitrogens with zero attached hydrogens (tertiary/aromatic N) is 2. The molecule has 1 saturated heterocycles. The van der Waals surface area contributed by atoms with Gasteiger partial charge in [-0.15, -0.1) is 11.3 Å². The third kappa shape index (κ3) is 3.12. The van der Waals surface area contributed by atoms with E-state index >= 15 is 0 Å². The molecule has 0 aliphatic carbocycles. The van der Waals surface area contributed by atoms with Gasteiger partial charge >= 0.3 is 0 Å². The Hall–Kier alpha value is -0.740. The Labute approximate surface area is 100 Å². The summed E-state index contributed by atoms with van der Waals surface area (Å²) in [6, 6.07) is 0. The summed E-state index contributed by atoms with van der Waals surface area (Å²) in [6.45, 7) is 2.41. The van der Waals surface area contributed by atoms with Crippen molar-refractivity contribution in [3.05, 3.63) is 16.1 Å². The molecule has 0 spiro atoms. The first-order valence-corrected chi connectivity index (χ1v) is 6.65. The highest BCUT2D eigenvalue weighted by molar-refractivity contribution is 7.11. The quantitative estimate of drug-likeness (QED) is 0.750. The summed E-state index contributed by atoms with van der Waals surface area (Å²) in [7, 11) is 2.18. The van der Waals surface area contributed by atoms with E-state index in [-0.39, 0.29) is 0 Å². The van der Waals surface area contributed by atoms with Crippen LogP contribution in [0.15, 0.2) is 6.20 Å². The summed E-state index contributed by atoms with van der Waals surface area (Å²) in [5.74, 6) is 0.784. The van der Waals surface area contributed by atoms with Gasteiger partial charge < -0.3 is 9.69 Å². The van der Waals surface area contributed by atoms with Gasteiger partial charge in [-0.2, -0.15) is 0 Å². The van der Waals surface area contributed by atoms with E-state index in [0.717, 1.165) is 23.5 Å². The number of hydrogen-bond donors (Lipinski definition) is 0. The zero-order valence-corrected chi connectivity index (χ0v) is 10.5. The lowest BCUT2D eigenvalue weighted by molar-refractivity contribution is -0.107. The molecule has 1 aromatic rings. The Morgan fingerprint density at radius 2 is 2.31 bits per heavy atom. The zero-order chi connectivity index (χ0) is 11.4. The molecule has 1 fully saturated rings. The van der Waals surface area contributed by atoms with E-state index < -0.39 is 0 Å². The number of rotatable bonds is 4. The second kappa shape index (κ2) is 5.55. The third-order valence-electron chi connectivity index (χ3n) is 3.19. The minimum absolute atomic E-state index is 0.519. The van der Waals surface area contributed by atoms with Crippen molar-refractivity contribution in [1.29, 1.82) is 0 Å². The van der Waals surface area contributed by atoms with Crippen molar-refractivity contribution in [3.8, 4) is 0 Å². The van der Waals surface area contributed by atoms with E-state index in [2.05, 4.69) is 16.9 Å². The highest BCUT2D eigenvalue weighted by Crippen LogP contribution is 2.23. The first kappa shape index (κ1) is 11.7. The number of hydrogen-bond acceptors (Lipinski definition) is 4. The predicted molar refractivity (Wildman–Crippen MR) is 65.8 cm³/mol. The van der Waals surface area contributed by atoms with Gasteiger partial charge in [-0.3, -0.25) is 0 Å². The smallest absolute Gasteiger partial charge is 0.125 e. The molecule has 1 aliphatic rings. The van der Waals surface area contributed by atoms with Crippen molar-refractivity contribution in [3.63, 3.8) is 0 Å². The van der Waals surface area contributed by atoms with Crippen LogP contribution in [0.4, 0.5) is 0 Å². The first-order chi connectivity index (χ1) is 7.78. The van der Waals surface area contributed by atoms with Gasteiger partial charge in [-0.25, -0.2) is 4.98 Å². The molecule has 88 valence electrons. The van der Waals surface area contributed by atoms with Crippen LogP contribution in [0.2, 0.25) is 0 Å². The highest BCUT2D eigenvalue weighted by atomic mass is 32.1. The second-order valence-electron chi connectivity index (χ2n) is 4.54. The minimum Gasteiger partial charge on any atom is -0.306 e. The molecule has 0 saturated carbocycles. The van der Waals surface area contributed by atoms with Gasteiger partial charge in [-0.05, 0) is 38.9 Å². The van der Waals surface area contributed by atoms with Crippen molar-refractivity contribution >= 4 is 17.6 Å². The highest BCUT2D eigenvalue weighted by Gasteiger charge is 2.18. The minimum atomic E-state index is 0.519. The standard InChI is InChI=1S/C12H18N2OS/c1-14-5-2-10(3-6-14)8-12-13-9-11(16-12)4-7-15/h7,9-10H,2-6,8H2,1H3. The van der Waals surface area contributed by atoms with Crippen LogP contribution < -0.4 is 0 Å². The number of carbonyl (C=O) groups excluding carboxylic acids is 1. The first-order valence-electron chi connectivity index (χ1n) is 5.83. The van der Waals surface area contributed by atoms with Crippen LogP contribution in [0, 0.1) is 5.92 Å². The van der Waals surface area contributed by atoms with Gasteiger partial charge in [0.2, 0.25) is 0 Å². The van der Waals surface area contributed by atoms with E-state index in [4.69, 9.17) is 0 Å². The summed E-state index contributed by atoms with van der Waals surface area (Å²) in [6.07, 6.45) is 6.97. The zero-order valence-electron chi connectivity index (χ0n) is 9.69. The molecule has 1 aliphatic heterocycles. The van der Waals surface area contributed by atoms with Crippen LogP contribution in [-0.4, -0.2) is 36.3 Å². The SMILES string of the molecule is CN1CCC(Cc2ncc(CC=O)s2)CC1. The average Bonchev–Trinajstić information content (AvgIpc) is 2.70. The number of aromatic nitrogens is 1. The van der Waals surface area contributed by atoms with Crippen molar-refractivity contribution in [1.82, 2.24) is 9.88 Å². The van der Waals surface area contributed by atoms with Crippen LogP contribution in [0.1, 0.15) is 22.7 Å². The maximum Gasteiger partial charge on any atom is 0.125 e. The Balaban J connectivity index is 1.86. The number of piperidine rings is 1. The largest absolute Gasteiger partial charge is 0.306 e. The lowest BCUT2D eigenvalue weighted by atomic mass is 9.94. The van der Waals surface area contributed by atoms with Crippen LogP contribution in [0.3, 0.4) is 0 Å². The average molecular weight is 238 g/mol. The molecule has 0 atom stereocenters. The summed E-state index contributed by atoms with van der Waals surface area (Å²) < 4.78 is 0. The van der Waals surface area contributed by atoms with Crippen molar-refractivity contribution in [2.24, 2.45) is 5.92 Å². The lowest BCUT2D eigenvalue weighted by Crippen LogP contribution is -2.30. The molecule has 16 heavy (non-hydrogen) atoms. The fraction of sp³-hybridized carbons (Fsp3) is 0.667. The van der Waals surface area contributed by atoms with E-state index in [1.165, 1.54) is 30.9 Å². The van der Waals surface area contributed by atoms with E-state index in [0.29, 0.717) is 6.42 Å². The van der Waals surface area contributed by atoms with Gasteiger partial charge in [0.25, 0.3) is 0 Å². The van der Waals surface area contributed by atoms with Crippen molar-refractivity contribution in [2.75, 3.05) is 20.1 Å². The molecule has 3 nitrogen and oxygen atoms in total. The molecular weight excluding hydrogens is 220 g/mol. The molecular formula is C12H18N2OS. The molecule has 2 rings (SSSR count). The summed E-state index contributed by atoms with van der Waals surface area (Å²) in [5, 5.41) is 1.20. The normalized spacial score (nSPS) is 18.8. The molecule has 1 aromatic heterocycles. The van der Waals surface area contributed by atoms with Gasteiger partial charge in [0.1, 0.15) is 6.29 Å².